The largest absolute Gasteiger partial charge is 0.394 e. The third-order valence-corrected chi connectivity index (χ3v) is 3.31. The topological polar surface area (TPSA) is 186 Å². The predicted molar refractivity (Wildman–Crippen MR) is 101 cm³/mol. The van der Waals surface area contributed by atoms with E-state index in [-0.39, 0.29) is 25.4 Å². The fourth-order valence-corrected chi connectivity index (χ4v) is 1.98. The van der Waals surface area contributed by atoms with Gasteiger partial charge < -0.3 is 29.9 Å². The highest BCUT2D eigenvalue weighted by Crippen LogP contribution is 2.37. The van der Waals surface area contributed by atoms with E-state index in [2.05, 4.69) is 0 Å². The van der Waals surface area contributed by atoms with Crippen LogP contribution in [-0.2, 0) is 9.47 Å². The second kappa shape index (κ2) is 13.9. The van der Waals surface area contributed by atoms with Crippen molar-refractivity contribution in [2.45, 2.75) is 52.3 Å². The SMILES string of the molecule is CC(O)CO.CCCOC(O)c1cc([N+](=O)[O-])c(C(O)OCCC)c([N+](=O)[O-])c1. The second-order valence-electron chi connectivity index (χ2n) is 5.96. The van der Waals surface area contributed by atoms with Gasteiger partial charge in [0, 0.05) is 30.9 Å². The number of benzene rings is 1. The maximum atomic E-state index is 11.3. The first-order valence-electron chi connectivity index (χ1n) is 8.95. The summed E-state index contributed by atoms with van der Waals surface area (Å²) in [4.78, 5) is 20.8. The van der Waals surface area contributed by atoms with E-state index in [1.54, 1.807) is 13.8 Å². The Morgan fingerprint density at radius 2 is 1.31 bits per heavy atom. The van der Waals surface area contributed by atoms with Gasteiger partial charge in [-0.05, 0) is 19.8 Å². The molecule has 3 unspecified atom stereocenters. The highest BCUT2D eigenvalue weighted by atomic mass is 16.6. The number of aliphatic hydroxyl groups excluding tert-OH is 4. The van der Waals surface area contributed by atoms with Crippen LogP contribution in [0, 0.1) is 20.2 Å². The number of nitrogens with zero attached hydrogens (tertiary/aromatic N) is 2. The number of ether oxygens (including phenoxy) is 2. The van der Waals surface area contributed by atoms with Gasteiger partial charge in [0.05, 0.1) is 22.6 Å². The number of hydrogen-bond acceptors (Lipinski definition) is 10. The molecule has 1 aromatic rings. The first-order valence-corrected chi connectivity index (χ1v) is 8.95. The van der Waals surface area contributed by atoms with Crippen molar-refractivity contribution in [3.8, 4) is 0 Å². The molecule has 3 atom stereocenters. The fourth-order valence-electron chi connectivity index (χ4n) is 1.98. The van der Waals surface area contributed by atoms with E-state index in [1.807, 2.05) is 0 Å². The molecule has 0 bridgehead atoms. The summed E-state index contributed by atoms with van der Waals surface area (Å²) in [6, 6.07) is 1.86. The summed E-state index contributed by atoms with van der Waals surface area (Å²) in [5, 5.41) is 58.4. The Morgan fingerprint density at radius 1 is 0.931 bits per heavy atom. The minimum atomic E-state index is -1.83. The minimum Gasteiger partial charge on any atom is -0.394 e. The van der Waals surface area contributed by atoms with Crippen LogP contribution >= 0.6 is 0 Å². The van der Waals surface area contributed by atoms with Gasteiger partial charge in [-0.25, -0.2) is 0 Å². The first kappa shape index (κ1) is 26.8. The number of nitro groups is 2. The number of rotatable bonds is 11. The second-order valence-corrected chi connectivity index (χ2v) is 5.96. The Kier molecular flexibility index (Phi) is 12.8. The van der Waals surface area contributed by atoms with Gasteiger partial charge in [-0.1, -0.05) is 13.8 Å². The number of hydrogen-bond donors (Lipinski definition) is 4. The lowest BCUT2D eigenvalue weighted by Gasteiger charge is -2.15. The molecule has 0 aliphatic heterocycles. The lowest BCUT2D eigenvalue weighted by molar-refractivity contribution is -0.398. The third kappa shape index (κ3) is 9.21. The van der Waals surface area contributed by atoms with Crippen LogP contribution in [0.4, 0.5) is 11.4 Å². The molecule has 0 amide bonds. The highest BCUT2D eigenvalue weighted by molar-refractivity contribution is 5.57. The molecule has 12 nitrogen and oxygen atoms in total. The Labute approximate surface area is 167 Å². The standard InChI is InChI=1S/C14H20N2O8.C3H8O2/c1-3-5-23-13(17)9-7-10(15(19)20)12(11(8-9)16(21)22)14(18)24-6-4-2;1-3(5)2-4/h7-8,13-14,17-18H,3-6H2,1-2H3;3-5H,2H2,1H3. The zero-order valence-corrected chi connectivity index (χ0v) is 16.6. The van der Waals surface area contributed by atoms with Gasteiger partial charge in [0.2, 0.25) is 0 Å². The van der Waals surface area contributed by atoms with Crippen LogP contribution in [0.1, 0.15) is 57.3 Å². The third-order valence-electron chi connectivity index (χ3n) is 3.31. The molecule has 4 N–H and O–H groups in total. The first-order chi connectivity index (χ1) is 13.6. The molecular weight excluding hydrogens is 392 g/mol. The summed E-state index contributed by atoms with van der Waals surface area (Å²) >= 11 is 0. The minimum absolute atomic E-state index is 0.0689. The monoisotopic (exact) mass is 420 g/mol. The molecule has 0 aliphatic rings. The molecule has 166 valence electrons. The molecule has 0 aliphatic carbocycles. The van der Waals surface area contributed by atoms with Crippen LogP contribution in [0.5, 0.6) is 0 Å². The lowest BCUT2D eigenvalue weighted by atomic mass is 10.1. The van der Waals surface area contributed by atoms with E-state index in [9.17, 15) is 30.4 Å². The Balaban J connectivity index is 0.00000139. The van der Waals surface area contributed by atoms with Crippen molar-refractivity contribution in [3.05, 3.63) is 43.5 Å². The molecule has 29 heavy (non-hydrogen) atoms. The van der Waals surface area contributed by atoms with Gasteiger partial charge in [-0.15, -0.1) is 0 Å². The molecule has 0 saturated carbocycles. The average Bonchev–Trinajstić information content (AvgIpc) is 2.69. The van der Waals surface area contributed by atoms with Crippen LogP contribution < -0.4 is 0 Å². The Hall–Kier alpha value is -2.22. The van der Waals surface area contributed by atoms with Crippen molar-refractivity contribution >= 4 is 11.4 Å². The quantitative estimate of drug-likeness (QED) is 0.233. The van der Waals surface area contributed by atoms with Gasteiger partial charge in [-0.3, -0.25) is 20.2 Å². The zero-order chi connectivity index (χ0) is 22.6. The normalized spacial score (nSPS) is 13.8. The summed E-state index contributed by atoms with van der Waals surface area (Å²) in [5.41, 5.74) is -2.15. The summed E-state index contributed by atoms with van der Waals surface area (Å²) in [6.07, 6.45) is -2.84. The van der Waals surface area contributed by atoms with E-state index in [0.717, 1.165) is 12.1 Å². The molecule has 0 fully saturated rings. The molecule has 0 aromatic heterocycles. The van der Waals surface area contributed by atoms with Crippen molar-refractivity contribution in [2.75, 3.05) is 19.8 Å². The van der Waals surface area contributed by atoms with E-state index in [0.29, 0.717) is 12.8 Å². The Morgan fingerprint density at radius 3 is 1.62 bits per heavy atom. The van der Waals surface area contributed by atoms with Crippen LogP contribution in [0.2, 0.25) is 0 Å². The molecule has 0 spiro atoms. The van der Waals surface area contributed by atoms with Gasteiger partial charge >= 0.3 is 0 Å². The van der Waals surface area contributed by atoms with Gasteiger partial charge in [-0.2, -0.15) is 0 Å². The van der Waals surface area contributed by atoms with E-state index < -0.39 is 45.5 Å². The summed E-state index contributed by atoms with van der Waals surface area (Å²) in [5.74, 6) is 0. The average molecular weight is 420 g/mol. The van der Waals surface area contributed by atoms with E-state index in [1.165, 1.54) is 6.92 Å². The van der Waals surface area contributed by atoms with E-state index >= 15 is 0 Å². The summed E-state index contributed by atoms with van der Waals surface area (Å²) in [6.45, 7) is 5.18. The molecule has 0 heterocycles. The van der Waals surface area contributed by atoms with Crippen molar-refractivity contribution in [1.82, 2.24) is 0 Å². The Bertz CT molecular complexity index is 618. The van der Waals surface area contributed by atoms with Crippen molar-refractivity contribution in [1.29, 1.82) is 0 Å². The maximum Gasteiger partial charge on any atom is 0.285 e. The van der Waals surface area contributed by atoms with Crippen molar-refractivity contribution in [3.63, 3.8) is 0 Å². The predicted octanol–water partition coefficient (Wildman–Crippen LogP) is 1.70. The zero-order valence-electron chi connectivity index (χ0n) is 16.6. The van der Waals surface area contributed by atoms with Crippen LogP contribution in [0.25, 0.3) is 0 Å². The lowest BCUT2D eigenvalue weighted by Crippen LogP contribution is -2.12. The number of nitro benzene ring substituents is 2. The molecule has 0 saturated heterocycles. The van der Waals surface area contributed by atoms with Crippen LogP contribution in [-0.4, -0.2) is 56.2 Å². The van der Waals surface area contributed by atoms with Gasteiger partial charge in [0.25, 0.3) is 11.4 Å². The van der Waals surface area contributed by atoms with E-state index in [4.69, 9.17) is 19.7 Å². The number of aliphatic hydroxyl groups is 4. The molecule has 12 heteroatoms. The molecule has 1 rings (SSSR count). The van der Waals surface area contributed by atoms with Gasteiger partial charge in [0.15, 0.2) is 18.1 Å². The van der Waals surface area contributed by atoms with Crippen LogP contribution in [0.3, 0.4) is 0 Å². The van der Waals surface area contributed by atoms with Crippen molar-refractivity contribution in [2.24, 2.45) is 0 Å². The summed E-state index contributed by atoms with van der Waals surface area (Å²) in [7, 11) is 0. The smallest absolute Gasteiger partial charge is 0.285 e. The van der Waals surface area contributed by atoms with Crippen molar-refractivity contribution < 1.29 is 39.7 Å². The fraction of sp³-hybridized carbons (Fsp3) is 0.647. The maximum absolute atomic E-state index is 11.3. The highest BCUT2D eigenvalue weighted by Gasteiger charge is 2.33. The summed E-state index contributed by atoms with van der Waals surface area (Å²) < 4.78 is 10.0. The molecule has 0 radical (unpaired) electrons. The van der Waals surface area contributed by atoms with Gasteiger partial charge in [0.1, 0.15) is 0 Å². The molecule has 1 aromatic carbocycles. The van der Waals surface area contributed by atoms with Crippen LogP contribution in [0.15, 0.2) is 12.1 Å². The molecular formula is C17H28N2O10.